The topological polar surface area (TPSA) is 58.6 Å². The highest BCUT2D eigenvalue weighted by Gasteiger charge is 2.18. The third-order valence-electron chi connectivity index (χ3n) is 5.74. The number of fused-ring (bicyclic) bond motifs is 1. The molecule has 0 bridgehead atoms. The number of carbonyl (C=O) groups excluding carboxylic acids is 2. The molecule has 4 rings (SSSR count). The predicted molar refractivity (Wildman–Crippen MR) is 138 cm³/mol. The average molecular weight is 453 g/mol. The molecule has 4 aromatic carbocycles. The Hall–Kier alpha value is -4.12. The van der Waals surface area contributed by atoms with Crippen molar-refractivity contribution in [2.24, 2.45) is 0 Å². The number of nitrogens with one attached hydrogen (secondary N) is 1. The second-order valence-electron chi connectivity index (χ2n) is 8.23. The summed E-state index contributed by atoms with van der Waals surface area (Å²) in [4.78, 5) is 27.4. The van der Waals surface area contributed by atoms with Crippen LogP contribution in [0.5, 0.6) is 5.75 Å². The molecular formula is C29H28N2O3. The number of hydrogen-bond acceptors (Lipinski definition) is 3. The van der Waals surface area contributed by atoms with Crippen LogP contribution < -0.4 is 15.0 Å². The highest BCUT2D eigenvalue weighted by atomic mass is 16.5. The number of anilines is 2. The van der Waals surface area contributed by atoms with Crippen molar-refractivity contribution in [1.29, 1.82) is 0 Å². The molecular weight excluding hydrogens is 424 g/mol. The van der Waals surface area contributed by atoms with Gasteiger partial charge in [0.15, 0.2) is 6.61 Å². The van der Waals surface area contributed by atoms with Gasteiger partial charge in [0.05, 0.1) is 5.69 Å². The number of amides is 2. The minimum atomic E-state index is -0.258. The number of ether oxygens (including phenoxy) is 1. The SMILES string of the molecule is CCN(C(=O)c1ccc(NC(=O)COc2cc(C)ccc2C)cc1)c1cccc2ccccc12. The van der Waals surface area contributed by atoms with Gasteiger partial charge in [0.25, 0.3) is 11.8 Å². The number of carbonyl (C=O) groups is 2. The van der Waals surface area contributed by atoms with E-state index in [2.05, 4.69) is 5.32 Å². The summed E-state index contributed by atoms with van der Waals surface area (Å²) < 4.78 is 5.67. The Morgan fingerprint density at radius 3 is 2.38 bits per heavy atom. The van der Waals surface area contributed by atoms with E-state index in [0.717, 1.165) is 27.6 Å². The fourth-order valence-corrected chi connectivity index (χ4v) is 3.92. The maximum absolute atomic E-state index is 13.3. The van der Waals surface area contributed by atoms with E-state index in [1.165, 1.54) is 0 Å². The molecule has 172 valence electrons. The normalized spacial score (nSPS) is 10.7. The molecule has 0 aliphatic carbocycles. The fourth-order valence-electron chi connectivity index (χ4n) is 3.92. The Balaban J connectivity index is 1.43. The highest BCUT2D eigenvalue weighted by Crippen LogP contribution is 2.28. The molecule has 4 aromatic rings. The zero-order valence-corrected chi connectivity index (χ0v) is 19.7. The van der Waals surface area contributed by atoms with Crippen LogP contribution in [0.15, 0.2) is 84.9 Å². The first-order valence-electron chi connectivity index (χ1n) is 11.4. The van der Waals surface area contributed by atoms with Gasteiger partial charge in [0.1, 0.15) is 5.75 Å². The lowest BCUT2D eigenvalue weighted by atomic mass is 10.1. The molecule has 0 spiro atoms. The molecule has 0 aliphatic rings. The van der Waals surface area contributed by atoms with Crippen LogP contribution >= 0.6 is 0 Å². The van der Waals surface area contributed by atoms with Crippen LogP contribution in [0.25, 0.3) is 10.8 Å². The monoisotopic (exact) mass is 452 g/mol. The summed E-state index contributed by atoms with van der Waals surface area (Å²) in [6, 6.07) is 26.8. The standard InChI is InChI=1S/C29H28N2O3/c1-4-31(26-11-7-9-22-8-5-6-10-25(22)26)29(33)23-14-16-24(17-15-23)30-28(32)19-34-27-18-20(2)12-13-21(27)3/h5-18H,4,19H2,1-3H3,(H,30,32). The lowest BCUT2D eigenvalue weighted by Crippen LogP contribution is -2.30. The van der Waals surface area contributed by atoms with Crippen molar-refractivity contribution < 1.29 is 14.3 Å². The molecule has 5 heteroatoms. The molecule has 0 aromatic heterocycles. The minimum absolute atomic E-state index is 0.0876. The summed E-state index contributed by atoms with van der Waals surface area (Å²) >= 11 is 0. The van der Waals surface area contributed by atoms with Crippen LogP contribution in [0.1, 0.15) is 28.4 Å². The van der Waals surface area contributed by atoms with Gasteiger partial charge in [-0.1, -0.05) is 48.5 Å². The van der Waals surface area contributed by atoms with Gasteiger partial charge in [-0.25, -0.2) is 0 Å². The van der Waals surface area contributed by atoms with Gasteiger partial charge in [-0.3, -0.25) is 9.59 Å². The largest absolute Gasteiger partial charge is 0.483 e. The van der Waals surface area contributed by atoms with Gasteiger partial charge < -0.3 is 15.0 Å². The van der Waals surface area contributed by atoms with Gasteiger partial charge in [-0.2, -0.15) is 0 Å². The van der Waals surface area contributed by atoms with Gasteiger partial charge in [-0.15, -0.1) is 0 Å². The summed E-state index contributed by atoms with van der Waals surface area (Å²) in [6.45, 7) is 6.34. The van der Waals surface area contributed by atoms with Crippen molar-refractivity contribution in [2.75, 3.05) is 23.4 Å². The first-order chi connectivity index (χ1) is 16.5. The van der Waals surface area contributed by atoms with Crippen LogP contribution in [-0.4, -0.2) is 25.0 Å². The maximum Gasteiger partial charge on any atom is 0.262 e. The maximum atomic E-state index is 13.3. The van der Waals surface area contributed by atoms with Gasteiger partial charge in [-0.05, 0) is 73.7 Å². The van der Waals surface area contributed by atoms with E-state index < -0.39 is 0 Å². The molecule has 0 atom stereocenters. The van der Waals surface area contributed by atoms with Crippen LogP contribution in [-0.2, 0) is 4.79 Å². The van der Waals surface area contributed by atoms with Crippen LogP contribution in [0, 0.1) is 13.8 Å². The predicted octanol–water partition coefficient (Wildman–Crippen LogP) is 6.14. The highest BCUT2D eigenvalue weighted by molar-refractivity contribution is 6.11. The van der Waals surface area contributed by atoms with Gasteiger partial charge >= 0.3 is 0 Å². The van der Waals surface area contributed by atoms with Crippen LogP contribution in [0.2, 0.25) is 0 Å². The van der Waals surface area contributed by atoms with Crippen molar-refractivity contribution in [3.8, 4) is 5.75 Å². The quantitative estimate of drug-likeness (QED) is 0.366. The van der Waals surface area contributed by atoms with Crippen LogP contribution in [0.4, 0.5) is 11.4 Å². The summed E-state index contributed by atoms with van der Waals surface area (Å²) in [5.41, 5.74) is 4.10. The molecule has 0 saturated heterocycles. The summed E-state index contributed by atoms with van der Waals surface area (Å²) in [6.07, 6.45) is 0. The molecule has 0 saturated carbocycles. The summed E-state index contributed by atoms with van der Waals surface area (Å²) in [5, 5.41) is 4.95. The van der Waals surface area contributed by atoms with E-state index in [1.54, 1.807) is 29.2 Å². The van der Waals surface area contributed by atoms with Crippen molar-refractivity contribution in [1.82, 2.24) is 0 Å². The van der Waals surface area contributed by atoms with Crippen LogP contribution in [0.3, 0.4) is 0 Å². The third kappa shape index (κ3) is 5.09. The molecule has 0 heterocycles. The molecule has 5 nitrogen and oxygen atoms in total. The molecule has 34 heavy (non-hydrogen) atoms. The Kier molecular flexibility index (Phi) is 6.93. The van der Waals surface area contributed by atoms with E-state index in [4.69, 9.17) is 4.74 Å². The fraction of sp³-hybridized carbons (Fsp3) is 0.172. The van der Waals surface area contributed by atoms with E-state index in [9.17, 15) is 9.59 Å². The molecule has 1 N–H and O–H groups in total. The Labute approximate surface area is 200 Å². The lowest BCUT2D eigenvalue weighted by Gasteiger charge is -2.23. The van der Waals surface area contributed by atoms with E-state index >= 15 is 0 Å². The summed E-state index contributed by atoms with van der Waals surface area (Å²) in [5.74, 6) is 0.352. The second kappa shape index (κ2) is 10.2. The number of hydrogen-bond donors (Lipinski definition) is 1. The Morgan fingerprint density at radius 2 is 1.62 bits per heavy atom. The van der Waals surface area contributed by atoms with Crippen molar-refractivity contribution in [2.45, 2.75) is 20.8 Å². The molecule has 0 radical (unpaired) electrons. The lowest BCUT2D eigenvalue weighted by molar-refractivity contribution is -0.118. The molecule has 2 amide bonds. The number of aryl methyl sites for hydroxylation is 2. The van der Waals surface area contributed by atoms with E-state index in [-0.39, 0.29) is 18.4 Å². The van der Waals surface area contributed by atoms with Crippen molar-refractivity contribution >= 4 is 34.0 Å². The van der Waals surface area contributed by atoms with E-state index in [1.807, 2.05) is 81.4 Å². The number of benzene rings is 4. The zero-order chi connectivity index (χ0) is 24.1. The number of nitrogens with zero attached hydrogens (tertiary/aromatic N) is 1. The first-order valence-corrected chi connectivity index (χ1v) is 11.4. The molecule has 0 fully saturated rings. The Morgan fingerprint density at radius 1 is 0.882 bits per heavy atom. The minimum Gasteiger partial charge on any atom is -0.483 e. The van der Waals surface area contributed by atoms with Gasteiger partial charge in [0, 0.05) is 23.2 Å². The molecule has 0 aliphatic heterocycles. The number of rotatable bonds is 7. The van der Waals surface area contributed by atoms with Crippen molar-refractivity contribution in [3.63, 3.8) is 0 Å². The summed E-state index contributed by atoms with van der Waals surface area (Å²) in [7, 11) is 0. The molecule has 0 unspecified atom stereocenters. The zero-order valence-electron chi connectivity index (χ0n) is 19.7. The first kappa shape index (κ1) is 23.1. The van der Waals surface area contributed by atoms with Crippen molar-refractivity contribution in [3.05, 3.63) is 102 Å². The average Bonchev–Trinajstić information content (AvgIpc) is 2.85. The van der Waals surface area contributed by atoms with E-state index in [0.29, 0.717) is 23.5 Å². The Bertz CT molecular complexity index is 1320. The van der Waals surface area contributed by atoms with Gasteiger partial charge in [0.2, 0.25) is 0 Å². The second-order valence-corrected chi connectivity index (χ2v) is 8.23. The smallest absolute Gasteiger partial charge is 0.262 e. The third-order valence-corrected chi connectivity index (χ3v) is 5.74.